The summed E-state index contributed by atoms with van der Waals surface area (Å²) in [7, 11) is 0. The normalized spacial score (nSPS) is 40.0. The highest BCUT2D eigenvalue weighted by Crippen LogP contribution is 2.56. The molecule has 2 fully saturated rings. The molecule has 2 unspecified atom stereocenters. The summed E-state index contributed by atoms with van der Waals surface area (Å²) in [6, 6.07) is 0. The second-order valence-electron chi connectivity index (χ2n) is 5.94. The number of allylic oxidation sites excluding steroid dienone is 1. The minimum absolute atomic E-state index is 0.518. The Morgan fingerprint density at radius 3 is 2.88 bits per heavy atom. The van der Waals surface area contributed by atoms with Crippen LogP contribution in [0, 0.1) is 11.3 Å². The minimum Gasteiger partial charge on any atom is -0.380 e. The van der Waals surface area contributed by atoms with Gasteiger partial charge in [-0.05, 0) is 38.0 Å². The smallest absolute Gasteiger partial charge is 0.0563 e. The molecular formula is C15H24O. The van der Waals surface area contributed by atoms with Crippen molar-refractivity contribution in [3.05, 3.63) is 11.6 Å². The van der Waals surface area contributed by atoms with Crippen molar-refractivity contribution in [2.24, 2.45) is 11.3 Å². The molecule has 1 heteroatoms. The highest BCUT2D eigenvalue weighted by Gasteiger charge is 2.51. The van der Waals surface area contributed by atoms with Crippen LogP contribution in [0.1, 0.15) is 57.8 Å². The van der Waals surface area contributed by atoms with Crippen molar-refractivity contribution in [2.75, 3.05) is 13.2 Å². The molecule has 3 aliphatic rings. The molecular weight excluding hydrogens is 196 g/mol. The molecule has 0 aromatic heterocycles. The van der Waals surface area contributed by atoms with Crippen LogP contribution < -0.4 is 0 Å². The first-order chi connectivity index (χ1) is 7.92. The fourth-order valence-corrected chi connectivity index (χ4v) is 3.89. The van der Waals surface area contributed by atoms with Gasteiger partial charge in [0.05, 0.1) is 13.2 Å². The summed E-state index contributed by atoms with van der Waals surface area (Å²) in [5.74, 6) is 0.852. The van der Waals surface area contributed by atoms with Crippen LogP contribution in [0.3, 0.4) is 0 Å². The topological polar surface area (TPSA) is 9.23 Å². The van der Waals surface area contributed by atoms with Crippen LogP contribution in [0.25, 0.3) is 0 Å². The van der Waals surface area contributed by atoms with E-state index < -0.39 is 0 Å². The summed E-state index contributed by atoms with van der Waals surface area (Å²) < 4.78 is 5.80. The summed E-state index contributed by atoms with van der Waals surface area (Å²) >= 11 is 0. The van der Waals surface area contributed by atoms with Gasteiger partial charge < -0.3 is 4.74 Å². The van der Waals surface area contributed by atoms with E-state index in [2.05, 4.69) is 6.08 Å². The van der Waals surface area contributed by atoms with Gasteiger partial charge in [-0.3, -0.25) is 0 Å². The lowest BCUT2D eigenvalue weighted by Gasteiger charge is -2.45. The van der Waals surface area contributed by atoms with Crippen LogP contribution >= 0.6 is 0 Å². The Balaban J connectivity index is 1.77. The minimum atomic E-state index is 0.518. The van der Waals surface area contributed by atoms with Gasteiger partial charge in [-0.2, -0.15) is 0 Å². The Hall–Kier alpha value is -0.300. The van der Waals surface area contributed by atoms with Gasteiger partial charge >= 0.3 is 0 Å². The molecule has 2 atom stereocenters. The van der Waals surface area contributed by atoms with E-state index in [4.69, 9.17) is 4.74 Å². The molecule has 1 spiro atoms. The Labute approximate surface area is 99.3 Å². The van der Waals surface area contributed by atoms with Gasteiger partial charge in [0.2, 0.25) is 0 Å². The predicted molar refractivity (Wildman–Crippen MR) is 66.4 cm³/mol. The van der Waals surface area contributed by atoms with Crippen molar-refractivity contribution in [3.63, 3.8) is 0 Å². The second-order valence-corrected chi connectivity index (χ2v) is 5.94. The summed E-state index contributed by atoms with van der Waals surface area (Å²) in [5, 5.41) is 0. The molecule has 1 heterocycles. The number of ether oxygens (including phenoxy) is 1. The molecule has 0 radical (unpaired) electrons. The van der Waals surface area contributed by atoms with Crippen LogP contribution in [0.15, 0.2) is 11.6 Å². The zero-order valence-corrected chi connectivity index (χ0v) is 10.3. The molecule has 2 aliphatic carbocycles. The van der Waals surface area contributed by atoms with E-state index in [9.17, 15) is 0 Å². The lowest BCUT2D eigenvalue weighted by atomic mass is 9.58. The first-order valence-electron chi connectivity index (χ1n) is 7.19. The van der Waals surface area contributed by atoms with Crippen LogP contribution in [0.5, 0.6) is 0 Å². The van der Waals surface area contributed by atoms with E-state index in [-0.39, 0.29) is 0 Å². The SMILES string of the molecule is C1=C2CCC23COCC3CCCCCCC1. The quantitative estimate of drug-likeness (QED) is 0.559. The average molecular weight is 220 g/mol. The fourth-order valence-electron chi connectivity index (χ4n) is 3.89. The van der Waals surface area contributed by atoms with E-state index in [0.717, 1.165) is 19.1 Å². The van der Waals surface area contributed by atoms with Gasteiger partial charge in [-0.25, -0.2) is 0 Å². The van der Waals surface area contributed by atoms with E-state index in [1.54, 1.807) is 5.57 Å². The van der Waals surface area contributed by atoms with Gasteiger partial charge in [0, 0.05) is 5.41 Å². The van der Waals surface area contributed by atoms with Crippen molar-refractivity contribution in [3.8, 4) is 0 Å². The fraction of sp³-hybridized carbons (Fsp3) is 0.867. The third-order valence-electron chi connectivity index (χ3n) is 5.09. The third-order valence-corrected chi connectivity index (χ3v) is 5.09. The Bertz CT molecular complexity index is 281. The largest absolute Gasteiger partial charge is 0.380 e. The maximum absolute atomic E-state index is 5.80. The summed E-state index contributed by atoms with van der Waals surface area (Å²) in [4.78, 5) is 0. The molecule has 0 N–H and O–H groups in total. The molecule has 1 saturated carbocycles. The van der Waals surface area contributed by atoms with Crippen molar-refractivity contribution in [1.29, 1.82) is 0 Å². The van der Waals surface area contributed by atoms with Gasteiger partial charge in [0.1, 0.15) is 0 Å². The zero-order valence-electron chi connectivity index (χ0n) is 10.3. The van der Waals surface area contributed by atoms with Crippen LogP contribution in [-0.4, -0.2) is 13.2 Å². The van der Waals surface area contributed by atoms with Crippen LogP contribution in [-0.2, 0) is 4.74 Å². The monoisotopic (exact) mass is 220 g/mol. The van der Waals surface area contributed by atoms with Crippen molar-refractivity contribution in [2.45, 2.75) is 57.8 Å². The summed E-state index contributed by atoms with van der Waals surface area (Å²) in [6.45, 7) is 2.07. The molecule has 90 valence electrons. The van der Waals surface area contributed by atoms with E-state index in [1.165, 1.54) is 57.8 Å². The van der Waals surface area contributed by atoms with E-state index in [0.29, 0.717) is 5.41 Å². The van der Waals surface area contributed by atoms with Crippen molar-refractivity contribution in [1.82, 2.24) is 0 Å². The number of rotatable bonds is 0. The Morgan fingerprint density at radius 1 is 1.12 bits per heavy atom. The van der Waals surface area contributed by atoms with Gasteiger partial charge in [0.25, 0.3) is 0 Å². The Kier molecular flexibility index (Phi) is 3.06. The van der Waals surface area contributed by atoms with Crippen LogP contribution in [0.2, 0.25) is 0 Å². The molecule has 3 rings (SSSR count). The lowest BCUT2D eigenvalue weighted by Crippen LogP contribution is -2.39. The molecule has 0 aromatic carbocycles. The molecule has 1 nitrogen and oxygen atoms in total. The standard InChI is InChI=1S/C15H24O/c1-2-4-6-8-14-11-16-12-15(14)10-9-13(15)7-5-3-1/h7,14H,1-6,8-12H2. The number of hydrogen-bond acceptors (Lipinski definition) is 1. The molecule has 16 heavy (non-hydrogen) atoms. The van der Waals surface area contributed by atoms with Gasteiger partial charge in [0.15, 0.2) is 0 Å². The van der Waals surface area contributed by atoms with Crippen molar-refractivity contribution < 1.29 is 4.74 Å². The molecule has 0 aromatic rings. The summed E-state index contributed by atoms with van der Waals surface area (Å²) in [6.07, 6.45) is 15.2. The zero-order chi connectivity index (χ0) is 10.8. The molecule has 1 aliphatic heterocycles. The van der Waals surface area contributed by atoms with Crippen LogP contribution in [0.4, 0.5) is 0 Å². The maximum Gasteiger partial charge on any atom is 0.0563 e. The lowest BCUT2D eigenvalue weighted by molar-refractivity contribution is 0.133. The average Bonchev–Trinajstić information content (AvgIpc) is 2.70. The second kappa shape index (κ2) is 4.52. The first kappa shape index (κ1) is 10.8. The molecule has 0 bridgehead atoms. The highest BCUT2D eigenvalue weighted by atomic mass is 16.5. The first-order valence-corrected chi connectivity index (χ1v) is 7.19. The highest BCUT2D eigenvalue weighted by molar-refractivity contribution is 5.27. The number of hydrogen-bond donors (Lipinski definition) is 0. The van der Waals surface area contributed by atoms with E-state index >= 15 is 0 Å². The van der Waals surface area contributed by atoms with Gasteiger partial charge in [-0.15, -0.1) is 0 Å². The van der Waals surface area contributed by atoms with Gasteiger partial charge in [-0.1, -0.05) is 37.3 Å². The summed E-state index contributed by atoms with van der Waals surface area (Å²) in [5.41, 5.74) is 2.28. The molecule has 1 saturated heterocycles. The third kappa shape index (κ3) is 1.73. The molecule has 0 amide bonds. The predicted octanol–water partition coefficient (Wildman–Crippen LogP) is 4.08. The Morgan fingerprint density at radius 2 is 2.00 bits per heavy atom. The maximum atomic E-state index is 5.80. The van der Waals surface area contributed by atoms with E-state index in [1.807, 2.05) is 0 Å². The van der Waals surface area contributed by atoms with Crippen molar-refractivity contribution >= 4 is 0 Å².